The van der Waals surface area contributed by atoms with E-state index in [-0.39, 0.29) is 5.91 Å². The second-order valence-electron chi connectivity index (χ2n) is 3.60. The van der Waals surface area contributed by atoms with Gasteiger partial charge < -0.3 is 15.6 Å². The highest BCUT2D eigenvalue weighted by Crippen LogP contribution is 2.12. The molecule has 1 aromatic rings. The Morgan fingerprint density at radius 2 is 2.14 bits per heavy atom. The SMILES string of the molecule is NCc1ccc(C(=O)N2CCCC2)[nH]1. The third kappa shape index (κ3) is 1.65. The van der Waals surface area contributed by atoms with Gasteiger partial charge in [-0.15, -0.1) is 0 Å². The van der Waals surface area contributed by atoms with E-state index in [0.717, 1.165) is 31.6 Å². The number of H-pyrrole nitrogens is 1. The summed E-state index contributed by atoms with van der Waals surface area (Å²) in [6.45, 7) is 2.22. The van der Waals surface area contributed by atoms with Gasteiger partial charge >= 0.3 is 0 Å². The molecule has 76 valence electrons. The molecule has 0 saturated carbocycles. The first kappa shape index (κ1) is 9.27. The highest BCUT2D eigenvalue weighted by atomic mass is 16.2. The fourth-order valence-corrected chi connectivity index (χ4v) is 1.77. The molecule has 1 aliphatic heterocycles. The van der Waals surface area contributed by atoms with E-state index in [0.29, 0.717) is 12.2 Å². The minimum Gasteiger partial charge on any atom is -0.353 e. The topological polar surface area (TPSA) is 62.1 Å². The van der Waals surface area contributed by atoms with Crippen LogP contribution < -0.4 is 5.73 Å². The molecule has 0 spiro atoms. The highest BCUT2D eigenvalue weighted by molar-refractivity contribution is 5.92. The zero-order chi connectivity index (χ0) is 9.97. The summed E-state index contributed by atoms with van der Waals surface area (Å²) in [5.74, 6) is 0.0993. The van der Waals surface area contributed by atoms with Gasteiger partial charge in [0.05, 0.1) is 0 Å². The minimum atomic E-state index is 0.0993. The number of carbonyl (C=O) groups is 1. The van der Waals surface area contributed by atoms with Crippen LogP contribution in [0.15, 0.2) is 12.1 Å². The van der Waals surface area contributed by atoms with Crippen LogP contribution in [0, 0.1) is 0 Å². The summed E-state index contributed by atoms with van der Waals surface area (Å²) >= 11 is 0. The summed E-state index contributed by atoms with van der Waals surface area (Å²) in [5, 5.41) is 0. The molecule has 0 radical (unpaired) electrons. The quantitative estimate of drug-likeness (QED) is 0.726. The number of hydrogen-bond acceptors (Lipinski definition) is 2. The number of aromatic nitrogens is 1. The molecule has 1 aliphatic rings. The van der Waals surface area contributed by atoms with E-state index in [1.54, 1.807) is 0 Å². The number of hydrogen-bond donors (Lipinski definition) is 2. The zero-order valence-corrected chi connectivity index (χ0v) is 8.12. The molecular weight excluding hydrogens is 178 g/mol. The fourth-order valence-electron chi connectivity index (χ4n) is 1.77. The molecular formula is C10H15N3O. The molecule has 4 heteroatoms. The lowest BCUT2D eigenvalue weighted by molar-refractivity contribution is 0.0787. The molecule has 0 aromatic carbocycles. The predicted molar refractivity (Wildman–Crippen MR) is 53.8 cm³/mol. The molecule has 0 atom stereocenters. The second-order valence-corrected chi connectivity index (χ2v) is 3.60. The van der Waals surface area contributed by atoms with Crippen LogP contribution in [-0.2, 0) is 6.54 Å². The fraction of sp³-hybridized carbons (Fsp3) is 0.500. The van der Waals surface area contributed by atoms with E-state index in [4.69, 9.17) is 5.73 Å². The summed E-state index contributed by atoms with van der Waals surface area (Å²) < 4.78 is 0. The first-order chi connectivity index (χ1) is 6.81. The van der Waals surface area contributed by atoms with Crippen molar-refractivity contribution in [3.63, 3.8) is 0 Å². The van der Waals surface area contributed by atoms with E-state index >= 15 is 0 Å². The molecule has 1 amide bonds. The molecule has 1 aromatic heterocycles. The number of likely N-dealkylation sites (tertiary alicyclic amines) is 1. The van der Waals surface area contributed by atoms with E-state index in [9.17, 15) is 4.79 Å². The molecule has 0 unspecified atom stereocenters. The average molecular weight is 193 g/mol. The zero-order valence-electron chi connectivity index (χ0n) is 8.12. The molecule has 0 aliphatic carbocycles. The molecule has 0 bridgehead atoms. The molecule has 1 fully saturated rings. The Balaban J connectivity index is 2.09. The van der Waals surface area contributed by atoms with Crippen molar-refractivity contribution >= 4 is 5.91 Å². The van der Waals surface area contributed by atoms with Crippen molar-refractivity contribution in [3.05, 3.63) is 23.5 Å². The van der Waals surface area contributed by atoms with Gasteiger partial charge in [-0.3, -0.25) is 4.79 Å². The predicted octanol–water partition coefficient (Wildman–Crippen LogP) is 0.709. The summed E-state index contributed by atoms with van der Waals surface area (Å²) in [7, 11) is 0. The normalized spacial score (nSPS) is 16.2. The van der Waals surface area contributed by atoms with Gasteiger partial charge in [-0.1, -0.05) is 0 Å². The Morgan fingerprint density at radius 3 is 2.71 bits per heavy atom. The van der Waals surface area contributed by atoms with Crippen LogP contribution in [0.5, 0.6) is 0 Å². The molecule has 14 heavy (non-hydrogen) atoms. The summed E-state index contributed by atoms with van der Waals surface area (Å²) in [5.41, 5.74) is 7.03. The molecule has 1 saturated heterocycles. The lowest BCUT2D eigenvalue weighted by atomic mass is 10.4. The first-order valence-corrected chi connectivity index (χ1v) is 4.98. The minimum absolute atomic E-state index is 0.0993. The third-order valence-corrected chi connectivity index (χ3v) is 2.59. The standard InChI is InChI=1S/C10H15N3O/c11-7-8-3-4-9(12-8)10(14)13-5-1-2-6-13/h3-4,12H,1-2,5-7,11H2. The number of carbonyl (C=O) groups excluding carboxylic acids is 1. The van der Waals surface area contributed by atoms with Crippen molar-refractivity contribution in [2.75, 3.05) is 13.1 Å². The van der Waals surface area contributed by atoms with Crippen molar-refractivity contribution < 1.29 is 4.79 Å². The molecule has 3 N–H and O–H groups in total. The smallest absolute Gasteiger partial charge is 0.270 e. The Labute approximate surface area is 83.1 Å². The Hall–Kier alpha value is -1.29. The Bertz CT molecular complexity index is 326. The van der Waals surface area contributed by atoms with Crippen LogP contribution >= 0.6 is 0 Å². The summed E-state index contributed by atoms with van der Waals surface area (Å²) in [6, 6.07) is 3.67. The molecule has 2 heterocycles. The van der Waals surface area contributed by atoms with E-state index in [2.05, 4.69) is 4.98 Å². The van der Waals surface area contributed by atoms with Crippen LogP contribution in [0.3, 0.4) is 0 Å². The maximum atomic E-state index is 11.8. The lowest BCUT2D eigenvalue weighted by Crippen LogP contribution is -2.27. The number of rotatable bonds is 2. The van der Waals surface area contributed by atoms with Crippen molar-refractivity contribution in [1.82, 2.24) is 9.88 Å². The highest BCUT2D eigenvalue weighted by Gasteiger charge is 2.20. The maximum absolute atomic E-state index is 11.8. The van der Waals surface area contributed by atoms with Crippen LogP contribution in [0.25, 0.3) is 0 Å². The number of amides is 1. The number of nitrogens with two attached hydrogens (primary N) is 1. The van der Waals surface area contributed by atoms with E-state index < -0.39 is 0 Å². The van der Waals surface area contributed by atoms with Gasteiger partial charge in [-0.05, 0) is 25.0 Å². The summed E-state index contributed by atoms with van der Waals surface area (Å²) in [6.07, 6.45) is 2.24. The second kappa shape index (κ2) is 3.84. The van der Waals surface area contributed by atoms with Gasteiger partial charge in [0.1, 0.15) is 5.69 Å². The van der Waals surface area contributed by atoms with Crippen molar-refractivity contribution in [1.29, 1.82) is 0 Å². The third-order valence-electron chi connectivity index (χ3n) is 2.59. The lowest BCUT2D eigenvalue weighted by Gasteiger charge is -2.13. The Kier molecular flexibility index (Phi) is 2.54. The van der Waals surface area contributed by atoms with Gasteiger partial charge in [0.15, 0.2) is 0 Å². The van der Waals surface area contributed by atoms with Crippen LogP contribution in [0.1, 0.15) is 29.0 Å². The largest absolute Gasteiger partial charge is 0.353 e. The van der Waals surface area contributed by atoms with Crippen LogP contribution in [0.2, 0.25) is 0 Å². The van der Waals surface area contributed by atoms with E-state index in [1.807, 2.05) is 17.0 Å². The van der Waals surface area contributed by atoms with Crippen molar-refractivity contribution in [2.45, 2.75) is 19.4 Å². The molecule has 4 nitrogen and oxygen atoms in total. The van der Waals surface area contributed by atoms with E-state index in [1.165, 1.54) is 0 Å². The number of nitrogens with zero attached hydrogens (tertiary/aromatic N) is 1. The van der Waals surface area contributed by atoms with Gasteiger partial charge in [0.25, 0.3) is 5.91 Å². The number of aromatic amines is 1. The van der Waals surface area contributed by atoms with Gasteiger partial charge in [0.2, 0.25) is 0 Å². The average Bonchev–Trinajstić information content (AvgIpc) is 2.88. The van der Waals surface area contributed by atoms with Crippen LogP contribution in [-0.4, -0.2) is 28.9 Å². The van der Waals surface area contributed by atoms with Gasteiger partial charge in [-0.25, -0.2) is 0 Å². The Morgan fingerprint density at radius 1 is 1.43 bits per heavy atom. The maximum Gasteiger partial charge on any atom is 0.270 e. The van der Waals surface area contributed by atoms with Gasteiger partial charge in [-0.2, -0.15) is 0 Å². The first-order valence-electron chi connectivity index (χ1n) is 4.98. The number of nitrogens with one attached hydrogen (secondary N) is 1. The monoisotopic (exact) mass is 193 g/mol. The van der Waals surface area contributed by atoms with Crippen molar-refractivity contribution in [2.24, 2.45) is 5.73 Å². The summed E-state index contributed by atoms with van der Waals surface area (Å²) in [4.78, 5) is 16.7. The molecule has 2 rings (SSSR count). The van der Waals surface area contributed by atoms with Crippen LogP contribution in [0.4, 0.5) is 0 Å². The van der Waals surface area contributed by atoms with Crippen molar-refractivity contribution in [3.8, 4) is 0 Å². The van der Waals surface area contributed by atoms with Gasteiger partial charge in [0, 0.05) is 25.3 Å².